The second kappa shape index (κ2) is 8.85. The van der Waals surface area contributed by atoms with Gasteiger partial charge in [-0.3, -0.25) is 9.78 Å². The summed E-state index contributed by atoms with van der Waals surface area (Å²) < 4.78 is 11.0. The van der Waals surface area contributed by atoms with Crippen molar-refractivity contribution in [1.82, 2.24) is 15.2 Å². The van der Waals surface area contributed by atoms with Crippen molar-refractivity contribution >= 4 is 29.0 Å². The molecule has 0 saturated carbocycles. The Kier molecular flexibility index (Phi) is 5.83. The predicted molar refractivity (Wildman–Crippen MR) is 106 cm³/mol. The van der Waals surface area contributed by atoms with E-state index in [4.69, 9.17) is 9.15 Å². The van der Waals surface area contributed by atoms with E-state index in [-0.39, 0.29) is 11.7 Å². The number of ether oxygens (including phenoxy) is 1. The smallest absolute Gasteiger partial charge is 0.277 e. The largest absolute Gasteiger partial charge is 0.411 e. The highest BCUT2D eigenvalue weighted by atomic mass is 32.2. The van der Waals surface area contributed by atoms with Crippen LogP contribution in [0.4, 0.5) is 11.4 Å². The van der Waals surface area contributed by atoms with E-state index in [2.05, 4.69) is 25.4 Å². The van der Waals surface area contributed by atoms with Gasteiger partial charge in [-0.25, -0.2) is 0 Å². The van der Waals surface area contributed by atoms with Gasteiger partial charge in [0, 0.05) is 25.5 Å². The van der Waals surface area contributed by atoms with Crippen LogP contribution in [-0.4, -0.2) is 53.1 Å². The van der Waals surface area contributed by atoms with Gasteiger partial charge in [0.05, 0.1) is 35.9 Å². The van der Waals surface area contributed by atoms with Gasteiger partial charge in [0.1, 0.15) is 0 Å². The lowest BCUT2D eigenvalue weighted by molar-refractivity contribution is -0.113. The molecule has 1 fully saturated rings. The molecule has 0 bridgehead atoms. The van der Waals surface area contributed by atoms with Crippen LogP contribution in [0, 0.1) is 0 Å². The van der Waals surface area contributed by atoms with Crippen LogP contribution in [0.5, 0.6) is 0 Å². The van der Waals surface area contributed by atoms with Gasteiger partial charge in [-0.1, -0.05) is 23.9 Å². The molecule has 144 valence electrons. The molecule has 1 saturated heterocycles. The normalized spacial score (nSPS) is 14.1. The predicted octanol–water partition coefficient (Wildman–Crippen LogP) is 2.70. The number of amides is 1. The van der Waals surface area contributed by atoms with Gasteiger partial charge in [0.2, 0.25) is 11.8 Å². The molecule has 28 heavy (non-hydrogen) atoms. The molecular formula is C19H19N5O3S. The number of hydrogen-bond acceptors (Lipinski definition) is 8. The number of para-hydroxylation sites is 2. The van der Waals surface area contributed by atoms with Crippen molar-refractivity contribution in [2.45, 2.75) is 5.22 Å². The van der Waals surface area contributed by atoms with Crippen LogP contribution >= 0.6 is 11.8 Å². The first-order valence-corrected chi connectivity index (χ1v) is 9.86. The SMILES string of the molecule is O=C(CSc1nnc(-c2cccnc2)o1)Nc1ccccc1N1CCOCC1. The molecule has 0 spiro atoms. The standard InChI is InChI=1S/C19H19N5O3S/c25-17(13-28-19-23-22-18(27-19)14-4-3-7-20-12-14)21-15-5-1-2-6-16(15)24-8-10-26-11-9-24/h1-7,12H,8-11,13H2,(H,21,25). The fourth-order valence-corrected chi connectivity index (χ4v) is 3.41. The Morgan fingerprint density at radius 1 is 1.14 bits per heavy atom. The summed E-state index contributed by atoms with van der Waals surface area (Å²) in [5, 5.41) is 11.3. The minimum absolute atomic E-state index is 0.133. The van der Waals surface area contributed by atoms with E-state index in [0.29, 0.717) is 24.3 Å². The van der Waals surface area contributed by atoms with E-state index >= 15 is 0 Å². The second-order valence-electron chi connectivity index (χ2n) is 6.07. The fourth-order valence-electron chi connectivity index (χ4n) is 2.85. The van der Waals surface area contributed by atoms with E-state index in [9.17, 15) is 4.79 Å². The zero-order valence-corrected chi connectivity index (χ0v) is 15.9. The minimum atomic E-state index is -0.133. The van der Waals surface area contributed by atoms with Crippen molar-refractivity contribution in [2.75, 3.05) is 42.3 Å². The van der Waals surface area contributed by atoms with Crippen LogP contribution in [0.1, 0.15) is 0 Å². The van der Waals surface area contributed by atoms with E-state index in [1.54, 1.807) is 18.5 Å². The van der Waals surface area contributed by atoms with E-state index in [1.165, 1.54) is 11.8 Å². The zero-order chi connectivity index (χ0) is 19.2. The molecule has 0 aliphatic carbocycles. The summed E-state index contributed by atoms with van der Waals surface area (Å²) in [4.78, 5) is 18.7. The van der Waals surface area contributed by atoms with Crippen LogP contribution in [0.15, 0.2) is 58.4 Å². The van der Waals surface area contributed by atoms with Crippen molar-refractivity contribution < 1.29 is 13.9 Å². The average Bonchev–Trinajstić information content (AvgIpc) is 3.23. The van der Waals surface area contributed by atoms with Crippen LogP contribution in [-0.2, 0) is 9.53 Å². The summed E-state index contributed by atoms with van der Waals surface area (Å²) in [5.41, 5.74) is 2.53. The van der Waals surface area contributed by atoms with Crippen molar-refractivity contribution in [3.63, 3.8) is 0 Å². The number of nitrogens with zero attached hydrogens (tertiary/aromatic N) is 4. The van der Waals surface area contributed by atoms with Crippen molar-refractivity contribution in [1.29, 1.82) is 0 Å². The van der Waals surface area contributed by atoms with Gasteiger partial charge in [-0.2, -0.15) is 0 Å². The first kappa shape index (κ1) is 18.5. The van der Waals surface area contributed by atoms with Gasteiger partial charge in [-0.15, -0.1) is 10.2 Å². The Morgan fingerprint density at radius 2 is 2.00 bits per heavy atom. The Labute approximate surface area is 166 Å². The maximum Gasteiger partial charge on any atom is 0.277 e. The number of rotatable bonds is 6. The third-order valence-electron chi connectivity index (χ3n) is 4.17. The fraction of sp³-hybridized carbons (Fsp3) is 0.263. The number of aromatic nitrogens is 3. The van der Waals surface area contributed by atoms with Crippen LogP contribution in [0.25, 0.3) is 11.5 Å². The molecule has 1 N–H and O–H groups in total. The van der Waals surface area contributed by atoms with Gasteiger partial charge in [0.25, 0.3) is 5.22 Å². The molecular weight excluding hydrogens is 378 g/mol. The molecule has 1 amide bonds. The highest BCUT2D eigenvalue weighted by molar-refractivity contribution is 7.99. The monoisotopic (exact) mass is 397 g/mol. The molecule has 2 aromatic heterocycles. The first-order chi connectivity index (χ1) is 13.8. The molecule has 1 aliphatic rings. The highest BCUT2D eigenvalue weighted by Gasteiger charge is 2.16. The minimum Gasteiger partial charge on any atom is -0.411 e. The Balaban J connectivity index is 1.36. The molecule has 0 unspecified atom stereocenters. The number of benzene rings is 1. The molecule has 3 heterocycles. The second-order valence-corrected chi connectivity index (χ2v) is 6.99. The number of morpholine rings is 1. The molecule has 0 atom stereocenters. The number of nitrogens with one attached hydrogen (secondary N) is 1. The summed E-state index contributed by atoms with van der Waals surface area (Å²) in [6.45, 7) is 2.99. The Hall–Kier alpha value is -2.91. The summed E-state index contributed by atoms with van der Waals surface area (Å²) in [7, 11) is 0. The number of carbonyl (C=O) groups is 1. The molecule has 4 rings (SSSR count). The number of anilines is 2. The number of carbonyl (C=O) groups excluding carboxylic acids is 1. The lowest BCUT2D eigenvalue weighted by Crippen LogP contribution is -2.36. The zero-order valence-electron chi connectivity index (χ0n) is 15.1. The Bertz CT molecular complexity index is 928. The molecule has 8 nitrogen and oxygen atoms in total. The van der Waals surface area contributed by atoms with E-state index in [0.717, 1.165) is 30.0 Å². The number of hydrogen-bond donors (Lipinski definition) is 1. The summed E-state index contributed by atoms with van der Waals surface area (Å²) >= 11 is 1.20. The number of thioether (sulfide) groups is 1. The van der Waals surface area contributed by atoms with E-state index < -0.39 is 0 Å². The average molecular weight is 397 g/mol. The Morgan fingerprint density at radius 3 is 2.82 bits per heavy atom. The molecule has 9 heteroatoms. The summed E-state index contributed by atoms with van der Waals surface area (Å²) in [6, 6.07) is 11.4. The third-order valence-corrected chi connectivity index (χ3v) is 4.99. The van der Waals surface area contributed by atoms with Gasteiger partial charge >= 0.3 is 0 Å². The molecule has 0 radical (unpaired) electrons. The lowest BCUT2D eigenvalue weighted by Gasteiger charge is -2.30. The van der Waals surface area contributed by atoms with Crippen LogP contribution in [0.2, 0.25) is 0 Å². The third kappa shape index (κ3) is 4.49. The van der Waals surface area contributed by atoms with Crippen LogP contribution < -0.4 is 10.2 Å². The topological polar surface area (TPSA) is 93.4 Å². The van der Waals surface area contributed by atoms with Crippen molar-refractivity contribution in [3.8, 4) is 11.5 Å². The molecule has 1 aromatic carbocycles. The van der Waals surface area contributed by atoms with Crippen molar-refractivity contribution in [3.05, 3.63) is 48.8 Å². The maximum absolute atomic E-state index is 12.4. The molecule has 3 aromatic rings. The first-order valence-electron chi connectivity index (χ1n) is 8.88. The van der Waals surface area contributed by atoms with Gasteiger partial charge in [-0.05, 0) is 24.3 Å². The van der Waals surface area contributed by atoms with Gasteiger partial charge < -0.3 is 19.4 Å². The lowest BCUT2D eigenvalue weighted by atomic mass is 10.2. The van der Waals surface area contributed by atoms with E-state index in [1.807, 2.05) is 30.3 Å². The quantitative estimate of drug-likeness (QED) is 0.635. The number of pyridine rings is 1. The van der Waals surface area contributed by atoms with Crippen LogP contribution in [0.3, 0.4) is 0 Å². The summed E-state index contributed by atoms with van der Waals surface area (Å²) in [6.07, 6.45) is 3.33. The van der Waals surface area contributed by atoms with Gasteiger partial charge in [0.15, 0.2) is 0 Å². The maximum atomic E-state index is 12.4. The molecule has 1 aliphatic heterocycles. The van der Waals surface area contributed by atoms with Crippen molar-refractivity contribution in [2.24, 2.45) is 0 Å². The highest BCUT2D eigenvalue weighted by Crippen LogP contribution is 2.27. The summed E-state index contributed by atoms with van der Waals surface area (Å²) in [5.74, 6) is 0.423.